The summed E-state index contributed by atoms with van der Waals surface area (Å²) < 4.78 is 5.86. The van der Waals surface area contributed by atoms with Gasteiger partial charge in [0.15, 0.2) is 0 Å². The SMILES string of the molecule is CC[C@@H](C)c1ccc(OCCC2CCNCC2)cc1. The first-order valence-electron chi connectivity index (χ1n) is 7.73. The molecule has 0 aliphatic carbocycles. The van der Waals surface area contributed by atoms with E-state index >= 15 is 0 Å². The summed E-state index contributed by atoms with van der Waals surface area (Å²) in [7, 11) is 0. The Labute approximate surface area is 117 Å². The number of benzene rings is 1. The van der Waals surface area contributed by atoms with E-state index in [0.29, 0.717) is 5.92 Å². The zero-order chi connectivity index (χ0) is 13.5. The lowest BCUT2D eigenvalue weighted by Crippen LogP contribution is -2.28. The summed E-state index contributed by atoms with van der Waals surface area (Å²) >= 11 is 0. The molecule has 0 aromatic heterocycles. The number of piperidine rings is 1. The molecular formula is C17H27NO. The first kappa shape index (κ1) is 14.4. The van der Waals surface area contributed by atoms with Gasteiger partial charge >= 0.3 is 0 Å². The lowest BCUT2D eigenvalue weighted by molar-refractivity contribution is 0.252. The van der Waals surface area contributed by atoms with E-state index < -0.39 is 0 Å². The Morgan fingerprint density at radius 1 is 1.21 bits per heavy atom. The molecule has 0 radical (unpaired) electrons. The molecule has 0 unspecified atom stereocenters. The van der Waals surface area contributed by atoms with E-state index in [-0.39, 0.29) is 0 Å². The number of ether oxygens (including phenoxy) is 1. The Hall–Kier alpha value is -1.02. The van der Waals surface area contributed by atoms with Crippen molar-refractivity contribution in [3.8, 4) is 5.75 Å². The van der Waals surface area contributed by atoms with Crippen molar-refractivity contribution in [2.75, 3.05) is 19.7 Å². The quantitative estimate of drug-likeness (QED) is 0.836. The Balaban J connectivity index is 1.73. The van der Waals surface area contributed by atoms with Crippen LogP contribution < -0.4 is 10.1 Å². The number of hydrogen-bond donors (Lipinski definition) is 1. The van der Waals surface area contributed by atoms with Crippen LogP contribution >= 0.6 is 0 Å². The molecule has 0 bridgehead atoms. The van der Waals surface area contributed by atoms with Crippen LogP contribution in [-0.2, 0) is 0 Å². The van der Waals surface area contributed by atoms with Crippen LogP contribution in [0.2, 0.25) is 0 Å². The molecule has 1 N–H and O–H groups in total. The molecule has 106 valence electrons. The van der Waals surface area contributed by atoms with E-state index in [1.807, 2.05) is 0 Å². The van der Waals surface area contributed by atoms with Gasteiger partial charge in [-0.1, -0.05) is 26.0 Å². The fraction of sp³-hybridized carbons (Fsp3) is 0.647. The molecule has 1 aromatic rings. The summed E-state index contributed by atoms with van der Waals surface area (Å²) in [5.74, 6) is 2.51. The first-order chi connectivity index (χ1) is 9.29. The summed E-state index contributed by atoms with van der Waals surface area (Å²) in [5.41, 5.74) is 1.41. The predicted molar refractivity (Wildman–Crippen MR) is 80.9 cm³/mol. The molecule has 1 aliphatic heterocycles. The summed E-state index contributed by atoms with van der Waals surface area (Å²) in [5, 5.41) is 3.40. The van der Waals surface area contributed by atoms with Gasteiger partial charge in [0, 0.05) is 0 Å². The highest BCUT2D eigenvalue weighted by atomic mass is 16.5. The molecule has 1 saturated heterocycles. The van der Waals surface area contributed by atoms with Crippen LogP contribution in [0, 0.1) is 5.92 Å². The third-order valence-corrected chi connectivity index (χ3v) is 4.32. The van der Waals surface area contributed by atoms with E-state index in [2.05, 4.69) is 43.4 Å². The summed E-state index contributed by atoms with van der Waals surface area (Å²) in [6, 6.07) is 8.63. The highest BCUT2D eigenvalue weighted by Crippen LogP contribution is 2.22. The van der Waals surface area contributed by atoms with Crippen molar-refractivity contribution in [2.24, 2.45) is 5.92 Å². The van der Waals surface area contributed by atoms with E-state index in [9.17, 15) is 0 Å². The van der Waals surface area contributed by atoms with Gasteiger partial charge in [-0.3, -0.25) is 0 Å². The van der Waals surface area contributed by atoms with Crippen LogP contribution in [0.5, 0.6) is 5.75 Å². The zero-order valence-corrected chi connectivity index (χ0v) is 12.3. The smallest absolute Gasteiger partial charge is 0.119 e. The van der Waals surface area contributed by atoms with Crippen LogP contribution in [0.3, 0.4) is 0 Å². The van der Waals surface area contributed by atoms with Crippen LogP contribution in [0.4, 0.5) is 0 Å². The largest absolute Gasteiger partial charge is 0.494 e. The summed E-state index contributed by atoms with van der Waals surface area (Å²) in [6.45, 7) is 7.71. The third kappa shape index (κ3) is 4.54. The number of nitrogens with one attached hydrogen (secondary N) is 1. The molecule has 1 aliphatic rings. The Morgan fingerprint density at radius 3 is 2.53 bits per heavy atom. The Kier molecular flexibility index (Phi) is 5.71. The van der Waals surface area contributed by atoms with Gasteiger partial charge < -0.3 is 10.1 Å². The van der Waals surface area contributed by atoms with E-state index in [1.54, 1.807) is 0 Å². The van der Waals surface area contributed by atoms with Crippen molar-refractivity contribution >= 4 is 0 Å². The molecule has 2 rings (SSSR count). The van der Waals surface area contributed by atoms with Gasteiger partial charge in [0.2, 0.25) is 0 Å². The van der Waals surface area contributed by atoms with Crippen LogP contribution in [0.15, 0.2) is 24.3 Å². The van der Waals surface area contributed by atoms with Crippen molar-refractivity contribution in [3.63, 3.8) is 0 Å². The van der Waals surface area contributed by atoms with Gasteiger partial charge in [-0.05, 0) is 68.3 Å². The van der Waals surface area contributed by atoms with Gasteiger partial charge in [-0.15, -0.1) is 0 Å². The van der Waals surface area contributed by atoms with Crippen molar-refractivity contribution in [1.82, 2.24) is 5.32 Å². The fourth-order valence-electron chi connectivity index (χ4n) is 2.64. The standard InChI is InChI=1S/C17H27NO/c1-3-14(2)16-4-6-17(7-5-16)19-13-10-15-8-11-18-12-9-15/h4-7,14-15,18H,3,8-13H2,1-2H3/t14-/m1/s1. The molecule has 0 saturated carbocycles. The van der Waals surface area contributed by atoms with Crippen molar-refractivity contribution in [3.05, 3.63) is 29.8 Å². The van der Waals surface area contributed by atoms with E-state index in [4.69, 9.17) is 4.74 Å². The number of rotatable bonds is 6. The van der Waals surface area contributed by atoms with Gasteiger partial charge in [0.1, 0.15) is 5.75 Å². The molecule has 2 nitrogen and oxygen atoms in total. The van der Waals surface area contributed by atoms with Crippen molar-refractivity contribution in [1.29, 1.82) is 0 Å². The monoisotopic (exact) mass is 261 g/mol. The normalized spacial score (nSPS) is 18.2. The molecule has 1 fully saturated rings. The highest BCUT2D eigenvalue weighted by molar-refractivity contribution is 5.29. The molecule has 1 aromatic carbocycles. The van der Waals surface area contributed by atoms with Gasteiger partial charge in [0.25, 0.3) is 0 Å². The third-order valence-electron chi connectivity index (χ3n) is 4.32. The predicted octanol–water partition coefficient (Wildman–Crippen LogP) is 3.97. The molecule has 1 heterocycles. The average molecular weight is 261 g/mol. The molecule has 19 heavy (non-hydrogen) atoms. The van der Waals surface area contributed by atoms with Crippen LogP contribution in [0.1, 0.15) is 51.0 Å². The van der Waals surface area contributed by atoms with Gasteiger partial charge in [-0.2, -0.15) is 0 Å². The zero-order valence-electron chi connectivity index (χ0n) is 12.3. The summed E-state index contributed by atoms with van der Waals surface area (Å²) in [6.07, 6.45) is 4.98. The minimum Gasteiger partial charge on any atom is -0.494 e. The first-order valence-corrected chi connectivity index (χ1v) is 7.73. The highest BCUT2D eigenvalue weighted by Gasteiger charge is 2.12. The van der Waals surface area contributed by atoms with Crippen molar-refractivity contribution in [2.45, 2.75) is 45.4 Å². The molecule has 0 spiro atoms. The fourth-order valence-corrected chi connectivity index (χ4v) is 2.64. The maximum atomic E-state index is 5.86. The molecule has 1 atom stereocenters. The van der Waals surface area contributed by atoms with Crippen molar-refractivity contribution < 1.29 is 4.74 Å². The Morgan fingerprint density at radius 2 is 1.89 bits per heavy atom. The number of hydrogen-bond acceptors (Lipinski definition) is 2. The van der Waals surface area contributed by atoms with Crippen LogP contribution in [0.25, 0.3) is 0 Å². The minimum atomic E-state index is 0.642. The molecule has 2 heteroatoms. The lowest BCUT2D eigenvalue weighted by Gasteiger charge is -2.22. The molecular weight excluding hydrogens is 234 g/mol. The topological polar surface area (TPSA) is 21.3 Å². The maximum absolute atomic E-state index is 5.86. The Bertz CT molecular complexity index is 354. The van der Waals surface area contributed by atoms with E-state index in [0.717, 1.165) is 18.3 Å². The second-order valence-electron chi connectivity index (χ2n) is 5.71. The van der Waals surface area contributed by atoms with E-state index in [1.165, 1.54) is 44.3 Å². The maximum Gasteiger partial charge on any atom is 0.119 e. The van der Waals surface area contributed by atoms with Gasteiger partial charge in [-0.25, -0.2) is 0 Å². The second-order valence-corrected chi connectivity index (χ2v) is 5.71. The second kappa shape index (κ2) is 7.54. The minimum absolute atomic E-state index is 0.642. The van der Waals surface area contributed by atoms with Crippen LogP contribution in [-0.4, -0.2) is 19.7 Å². The van der Waals surface area contributed by atoms with Gasteiger partial charge in [0.05, 0.1) is 6.61 Å². The summed E-state index contributed by atoms with van der Waals surface area (Å²) in [4.78, 5) is 0. The lowest BCUT2D eigenvalue weighted by atomic mass is 9.95. The average Bonchev–Trinajstić information content (AvgIpc) is 2.48. The molecule has 0 amide bonds.